The first kappa shape index (κ1) is 21.1. The van der Waals surface area contributed by atoms with Crippen LogP contribution in [0, 0.1) is 0 Å². The SMILES string of the molecule is CN1CCN(Cc2cccc(OC[C@@H](O)CN(C)C3CCCCC3)c2)CC1=O. The summed E-state index contributed by atoms with van der Waals surface area (Å²) in [6, 6.07) is 8.57. The van der Waals surface area contributed by atoms with Crippen LogP contribution >= 0.6 is 0 Å². The molecule has 0 aromatic heterocycles. The minimum Gasteiger partial charge on any atom is -0.491 e. The monoisotopic (exact) mass is 389 g/mol. The van der Waals surface area contributed by atoms with Gasteiger partial charge in [0.25, 0.3) is 0 Å². The molecule has 3 rings (SSSR count). The third kappa shape index (κ3) is 6.19. The van der Waals surface area contributed by atoms with Crippen molar-refractivity contribution in [3.05, 3.63) is 29.8 Å². The van der Waals surface area contributed by atoms with Gasteiger partial charge in [0.2, 0.25) is 5.91 Å². The molecule has 2 fully saturated rings. The molecule has 0 spiro atoms. The number of aliphatic hydroxyl groups excluding tert-OH is 1. The van der Waals surface area contributed by atoms with Gasteiger partial charge in [0.15, 0.2) is 0 Å². The fraction of sp³-hybridized carbons (Fsp3) is 0.682. The molecule has 2 aliphatic rings. The average molecular weight is 390 g/mol. The number of nitrogens with zero attached hydrogens (tertiary/aromatic N) is 3. The van der Waals surface area contributed by atoms with Crippen LogP contribution in [0.1, 0.15) is 37.7 Å². The molecule has 0 bridgehead atoms. The van der Waals surface area contributed by atoms with E-state index in [1.807, 2.05) is 25.2 Å². The fourth-order valence-electron chi connectivity index (χ4n) is 4.18. The summed E-state index contributed by atoms with van der Waals surface area (Å²) in [5.41, 5.74) is 1.13. The van der Waals surface area contributed by atoms with Gasteiger partial charge in [0.1, 0.15) is 18.5 Å². The number of hydrogen-bond acceptors (Lipinski definition) is 5. The first-order chi connectivity index (χ1) is 13.5. The lowest BCUT2D eigenvalue weighted by molar-refractivity contribution is -0.134. The topological polar surface area (TPSA) is 56.2 Å². The van der Waals surface area contributed by atoms with E-state index in [2.05, 4.69) is 22.9 Å². The minimum absolute atomic E-state index is 0.170. The molecule has 1 N–H and O–H groups in total. The van der Waals surface area contributed by atoms with E-state index >= 15 is 0 Å². The standard InChI is InChI=1S/C22H35N3O3/c1-23-11-12-25(16-22(23)27)14-18-7-6-10-21(13-18)28-17-20(26)15-24(2)19-8-4-3-5-9-19/h6-7,10,13,19-20,26H,3-5,8-9,11-12,14-17H2,1-2H3/t20-/m0/s1. The molecule has 156 valence electrons. The van der Waals surface area contributed by atoms with Crippen molar-refractivity contribution in [2.75, 3.05) is 46.9 Å². The van der Waals surface area contributed by atoms with Crippen molar-refractivity contribution in [1.29, 1.82) is 0 Å². The molecular weight excluding hydrogens is 354 g/mol. The van der Waals surface area contributed by atoms with Crippen LogP contribution < -0.4 is 4.74 Å². The summed E-state index contributed by atoms with van der Waals surface area (Å²) in [5.74, 6) is 0.946. The largest absolute Gasteiger partial charge is 0.491 e. The Morgan fingerprint density at radius 3 is 2.79 bits per heavy atom. The second-order valence-electron chi connectivity index (χ2n) is 8.37. The maximum absolute atomic E-state index is 11.9. The van der Waals surface area contributed by atoms with E-state index in [0.717, 1.165) is 30.9 Å². The summed E-state index contributed by atoms with van der Waals surface area (Å²) in [6.45, 7) is 3.81. The Morgan fingerprint density at radius 1 is 1.25 bits per heavy atom. The molecule has 0 radical (unpaired) electrons. The quantitative estimate of drug-likeness (QED) is 0.737. The van der Waals surface area contributed by atoms with Gasteiger partial charge in [0.05, 0.1) is 6.54 Å². The molecule has 1 saturated carbocycles. The van der Waals surface area contributed by atoms with Crippen LogP contribution in [0.4, 0.5) is 0 Å². The van der Waals surface area contributed by atoms with E-state index in [0.29, 0.717) is 25.7 Å². The predicted octanol–water partition coefficient (Wildman–Crippen LogP) is 1.96. The van der Waals surface area contributed by atoms with Crippen molar-refractivity contribution in [3.8, 4) is 5.75 Å². The van der Waals surface area contributed by atoms with Gasteiger partial charge in [-0.05, 0) is 37.6 Å². The maximum atomic E-state index is 11.9. The van der Waals surface area contributed by atoms with Crippen molar-refractivity contribution in [2.45, 2.75) is 50.8 Å². The lowest BCUT2D eigenvalue weighted by atomic mass is 9.94. The second kappa shape index (κ2) is 10.2. The van der Waals surface area contributed by atoms with Gasteiger partial charge in [-0.3, -0.25) is 9.69 Å². The summed E-state index contributed by atoms with van der Waals surface area (Å²) >= 11 is 0. The van der Waals surface area contributed by atoms with Crippen LogP contribution in [0.3, 0.4) is 0 Å². The van der Waals surface area contributed by atoms with Crippen LogP contribution in [-0.2, 0) is 11.3 Å². The average Bonchev–Trinajstić information content (AvgIpc) is 2.70. The number of carbonyl (C=O) groups excluding carboxylic acids is 1. The van der Waals surface area contributed by atoms with Gasteiger partial charge >= 0.3 is 0 Å². The molecule has 1 aliphatic carbocycles. The van der Waals surface area contributed by atoms with E-state index in [-0.39, 0.29) is 5.91 Å². The predicted molar refractivity (Wildman–Crippen MR) is 110 cm³/mol. The number of benzene rings is 1. The van der Waals surface area contributed by atoms with Crippen LogP contribution in [0.5, 0.6) is 5.75 Å². The summed E-state index contributed by atoms with van der Waals surface area (Å²) < 4.78 is 5.85. The lowest BCUT2D eigenvalue weighted by Crippen LogP contribution is -2.47. The Hall–Kier alpha value is -1.63. The number of aliphatic hydroxyl groups is 1. The molecule has 1 aromatic carbocycles. The van der Waals surface area contributed by atoms with Gasteiger partial charge in [-0.25, -0.2) is 0 Å². The second-order valence-corrected chi connectivity index (χ2v) is 8.37. The van der Waals surface area contributed by atoms with E-state index < -0.39 is 6.10 Å². The molecule has 1 saturated heterocycles. The van der Waals surface area contributed by atoms with Crippen molar-refractivity contribution < 1.29 is 14.6 Å². The van der Waals surface area contributed by atoms with Gasteiger partial charge in [-0.2, -0.15) is 0 Å². The zero-order valence-electron chi connectivity index (χ0n) is 17.3. The highest BCUT2D eigenvalue weighted by Crippen LogP contribution is 2.22. The Balaban J connectivity index is 1.44. The molecule has 0 unspecified atom stereocenters. The number of rotatable bonds is 8. The first-order valence-electron chi connectivity index (χ1n) is 10.6. The number of amides is 1. The number of carbonyl (C=O) groups is 1. The van der Waals surface area contributed by atoms with Crippen molar-refractivity contribution in [3.63, 3.8) is 0 Å². The molecule has 6 nitrogen and oxygen atoms in total. The van der Waals surface area contributed by atoms with Crippen LogP contribution in [0.15, 0.2) is 24.3 Å². The maximum Gasteiger partial charge on any atom is 0.236 e. The number of hydrogen-bond donors (Lipinski definition) is 1. The highest BCUT2D eigenvalue weighted by Gasteiger charge is 2.22. The fourth-order valence-corrected chi connectivity index (χ4v) is 4.18. The molecule has 6 heteroatoms. The Labute approximate surface area is 169 Å². The number of ether oxygens (including phenoxy) is 1. The Morgan fingerprint density at radius 2 is 2.04 bits per heavy atom. The van der Waals surface area contributed by atoms with E-state index in [1.165, 1.54) is 32.1 Å². The smallest absolute Gasteiger partial charge is 0.236 e. The van der Waals surface area contributed by atoms with Crippen molar-refractivity contribution in [2.24, 2.45) is 0 Å². The highest BCUT2D eigenvalue weighted by atomic mass is 16.5. The van der Waals surface area contributed by atoms with Gasteiger partial charge < -0.3 is 19.6 Å². The molecule has 1 aromatic rings. The van der Waals surface area contributed by atoms with Gasteiger partial charge in [-0.15, -0.1) is 0 Å². The molecular formula is C22H35N3O3. The van der Waals surface area contributed by atoms with Gasteiger partial charge in [0, 0.05) is 39.3 Å². The Bertz CT molecular complexity index is 633. The molecule has 28 heavy (non-hydrogen) atoms. The van der Waals surface area contributed by atoms with Crippen LogP contribution in [0.25, 0.3) is 0 Å². The van der Waals surface area contributed by atoms with Gasteiger partial charge in [-0.1, -0.05) is 31.4 Å². The third-order valence-electron chi connectivity index (χ3n) is 5.98. The summed E-state index contributed by atoms with van der Waals surface area (Å²) in [4.78, 5) is 18.1. The number of piperazine rings is 1. The highest BCUT2D eigenvalue weighted by molar-refractivity contribution is 5.78. The summed E-state index contributed by atoms with van der Waals surface area (Å²) in [7, 11) is 3.96. The van der Waals surface area contributed by atoms with E-state index in [9.17, 15) is 9.90 Å². The van der Waals surface area contributed by atoms with Crippen LogP contribution in [-0.4, -0.2) is 84.7 Å². The molecule has 1 amide bonds. The lowest BCUT2D eigenvalue weighted by Gasteiger charge is -2.32. The first-order valence-corrected chi connectivity index (χ1v) is 10.6. The summed E-state index contributed by atoms with van der Waals surface area (Å²) in [5, 5.41) is 10.4. The van der Waals surface area contributed by atoms with Crippen LogP contribution in [0.2, 0.25) is 0 Å². The third-order valence-corrected chi connectivity index (χ3v) is 5.98. The Kier molecular flexibility index (Phi) is 7.71. The molecule has 1 aliphatic heterocycles. The van der Waals surface area contributed by atoms with Crippen molar-refractivity contribution in [1.82, 2.24) is 14.7 Å². The normalized spacial score (nSPS) is 20.6. The molecule has 1 atom stereocenters. The zero-order valence-corrected chi connectivity index (χ0v) is 17.3. The zero-order chi connectivity index (χ0) is 19.9. The number of likely N-dealkylation sites (N-methyl/N-ethyl adjacent to an activating group) is 2. The van der Waals surface area contributed by atoms with E-state index in [1.54, 1.807) is 4.90 Å². The summed E-state index contributed by atoms with van der Waals surface area (Å²) in [6.07, 6.45) is 5.92. The minimum atomic E-state index is -0.495. The molecule has 1 heterocycles. The van der Waals surface area contributed by atoms with E-state index in [4.69, 9.17) is 4.74 Å². The van der Waals surface area contributed by atoms with Crippen molar-refractivity contribution >= 4 is 5.91 Å².